The van der Waals surface area contributed by atoms with Gasteiger partial charge >= 0.3 is 5.88 Å². The first-order valence-corrected chi connectivity index (χ1v) is 5.79. The fourth-order valence-corrected chi connectivity index (χ4v) is 2.14. The molecule has 2 heterocycles. The molecule has 0 spiro atoms. The van der Waals surface area contributed by atoms with Gasteiger partial charge in [-0.05, 0) is 25.3 Å². The summed E-state index contributed by atoms with van der Waals surface area (Å²) in [6.07, 6.45) is 2.57. The Balaban J connectivity index is 2.15. The molecular weight excluding hydrogens is 240 g/mol. The summed E-state index contributed by atoms with van der Waals surface area (Å²) in [5.74, 6) is -0.903. The van der Waals surface area contributed by atoms with Crippen LogP contribution in [0.15, 0.2) is 16.5 Å². The maximum Gasteiger partial charge on any atom is 0.433 e. The van der Waals surface area contributed by atoms with E-state index in [1.165, 1.54) is 11.0 Å². The molecule has 0 bridgehead atoms. The van der Waals surface area contributed by atoms with Gasteiger partial charge in [-0.3, -0.25) is 14.9 Å². The molecule has 1 aliphatic rings. The van der Waals surface area contributed by atoms with Crippen LogP contribution >= 0.6 is 0 Å². The van der Waals surface area contributed by atoms with E-state index in [1.54, 1.807) is 0 Å². The average molecular weight is 254 g/mol. The lowest BCUT2D eigenvalue weighted by Gasteiger charge is -2.33. The summed E-state index contributed by atoms with van der Waals surface area (Å²) in [5, 5.41) is 19.7. The highest BCUT2D eigenvalue weighted by Crippen LogP contribution is 2.22. The molecule has 1 amide bonds. The van der Waals surface area contributed by atoms with Gasteiger partial charge in [0.25, 0.3) is 5.91 Å². The van der Waals surface area contributed by atoms with Crippen molar-refractivity contribution >= 4 is 11.8 Å². The van der Waals surface area contributed by atoms with Gasteiger partial charge in [0.05, 0.1) is 18.7 Å². The van der Waals surface area contributed by atoms with Crippen LogP contribution in [0.5, 0.6) is 0 Å². The molecule has 0 aromatic carbocycles. The third-order valence-electron chi connectivity index (χ3n) is 3.08. The molecule has 1 N–H and O–H groups in total. The number of hydrogen-bond acceptors (Lipinski definition) is 5. The van der Waals surface area contributed by atoms with Crippen LogP contribution in [0.3, 0.4) is 0 Å². The number of rotatable bonds is 3. The van der Waals surface area contributed by atoms with Crippen molar-refractivity contribution in [3.8, 4) is 0 Å². The van der Waals surface area contributed by atoms with Gasteiger partial charge in [-0.1, -0.05) is 0 Å². The Labute approximate surface area is 103 Å². The minimum absolute atomic E-state index is 0.0537. The number of likely N-dealkylation sites (tertiary alicyclic amines) is 1. The maximum absolute atomic E-state index is 12.1. The molecule has 18 heavy (non-hydrogen) atoms. The zero-order valence-electron chi connectivity index (χ0n) is 9.74. The molecule has 1 saturated heterocycles. The third kappa shape index (κ3) is 2.35. The molecule has 0 radical (unpaired) electrons. The number of piperidine rings is 1. The molecule has 2 rings (SSSR count). The second-order valence-corrected chi connectivity index (χ2v) is 4.23. The molecular formula is C11H14N2O5. The zero-order valence-corrected chi connectivity index (χ0v) is 9.74. The first-order chi connectivity index (χ1) is 8.63. The summed E-state index contributed by atoms with van der Waals surface area (Å²) >= 11 is 0. The largest absolute Gasteiger partial charge is 0.433 e. The normalized spacial score (nSPS) is 19.8. The Morgan fingerprint density at radius 1 is 1.56 bits per heavy atom. The van der Waals surface area contributed by atoms with Crippen molar-refractivity contribution in [3.05, 3.63) is 28.0 Å². The Morgan fingerprint density at radius 3 is 2.94 bits per heavy atom. The van der Waals surface area contributed by atoms with Crippen molar-refractivity contribution < 1.29 is 19.2 Å². The van der Waals surface area contributed by atoms with Gasteiger partial charge in [-0.15, -0.1) is 0 Å². The number of carbonyl (C=O) groups is 1. The van der Waals surface area contributed by atoms with Crippen LogP contribution in [-0.4, -0.2) is 40.0 Å². The Hall–Kier alpha value is -1.89. The summed E-state index contributed by atoms with van der Waals surface area (Å²) < 4.78 is 4.88. The van der Waals surface area contributed by atoms with Crippen molar-refractivity contribution in [2.45, 2.75) is 25.3 Å². The van der Waals surface area contributed by atoms with Crippen molar-refractivity contribution in [2.75, 3.05) is 13.2 Å². The number of aliphatic hydroxyl groups is 1. The lowest BCUT2D eigenvalue weighted by Crippen LogP contribution is -2.45. The van der Waals surface area contributed by atoms with Crippen LogP contribution in [0.1, 0.15) is 29.8 Å². The molecule has 0 aliphatic carbocycles. The van der Waals surface area contributed by atoms with E-state index in [-0.39, 0.29) is 18.4 Å². The van der Waals surface area contributed by atoms with Gasteiger partial charge < -0.3 is 14.4 Å². The Morgan fingerprint density at radius 2 is 2.33 bits per heavy atom. The molecule has 1 aromatic rings. The van der Waals surface area contributed by atoms with Crippen molar-refractivity contribution in [1.29, 1.82) is 0 Å². The van der Waals surface area contributed by atoms with E-state index in [9.17, 15) is 20.0 Å². The van der Waals surface area contributed by atoms with E-state index < -0.39 is 16.7 Å². The highest BCUT2D eigenvalue weighted by molar-refractivity contribution is 5.92. The highest BCUT2D eigenvalue weighted by atomic mass is 16.6. The predicted molar refractivity (Wildman–Crippen MR) is 61.1 cm³/mol. The van der Waals surface area contributed by atoms with Crippen LogP contribution in [-0.2, 0) is 0 Å². The SMILES string of the molecule is O=C(c1ccc([N+](=O)[O-])o1)N1CCCCC1CO. The van der Waals surface area contributed by atoms with Crippen LogP contribution in [0, 0.1) is 10.1 Å². The van der Waals surface area contributed by atoms with E-state index in [0.717, 1.165) is 25.3 Å². The van der Waals surface area contributed by atoms with Gasteiger partial charge in [0.1, 0.15) is 4.92 Å². The van der Waals surface area contributed by atoms with E-state index in [1.807, 2.05) is 0 Å². The molecule has 1 fully saturated rings. The molecule has 1 aliphatic heterocycles. The van der Waals surface area contributed by atoms with E-state index >= 15 is 0 Å². The number of amides is 1. The Kier molecular flexibility index (Phi) is 3.61. The molecule has 0 saturated carbocycles. The summed E-state index contributed by atoms with van der Waals surface area (Å²) in [6, 6.07) is 2.23. The van der Waals surface area contributed by atoms with Gasteiger partial charge in [0.15, 0.2) is 5.76 Å². The molecule has 1 unspecified atom stereocenters. The number of hydrogen-bond donors (Lipinski definition) is 1. The molecule has 1 atom stereocenters. The lowest BCUT2D eigenvalue weighted by atomic mass is 10.0. The zero-order chi connectivity index (χ0) is 13.1. The van der Waals surface area contributed by atoms with E-state index in [4.69, 9.17) is 4.42 Å². The van der Waals surface area contributed by atoms with Crippen molar-refractivity contribution in [2.24, 2.45) is 0 Å². The van der Waals surface area contributed by atoms with Crippen LogP contribution in [0.25, 0.3) is 0 Å². The second kappa shape index (κ2) is 5.18. The monoisotopic (exact) mass is 254 g/mol. The lowest BCUT2D eigenvalue weighted by molar-refractivity contribution is -0.402. The number of carbonyl (C=O) groups excluding carboxylic acids is 1. The topological polar surface area (TPSA) is 96.8 Å². The first kappa shape index (κ1) is 12.6. The standard InChI is InChI=1S/C11H14N2O5/c14-7-8-3-1-2-6-12(8)11(15)9-4-5-10(18-9)13(16)17/h4-5,8,14H,1-3,6-7H2. The molecule has 1 aromatic heterocycles. The fraction of sp³-hybridized carbons (Fsp3) is 0.545. The van der Waals surface area contributed by atoms with Crippen LogP contribution in [0.4, 0.5) is 5.88 Å². The van der Waals surface area contributed by atoms with Gasteiger partial charge in [0.2, 0.25) is 0 Å². The van der Waals surface area contributed by atoms with Crippen molar-refractivity contribution in [3.63, 3.8) is 0 Å². The number of nitro groups is 1. The second-order valence-electron chi connectivity index (χ2n) is 4.23. The highest BCUT2D eigenvalue weighted by Gasteiger charge is 2.29. The van der Waals surface area contributed by atoms with Gasteiger partial charge in [-0.25, -0.2) is 0 Å². The summed E-state index contributed by atoms with van der Waals surface area (Å²) in [4.78, 5) is 23.4. The minimum atomic E-state index is -0.684. The summed E-state index contributed by atoms with van der Waals surface area (Å²) in [6.45, 7) is 0.438. The van der Waals surface area contributed by atoms with Crippen LogP contribution < -0.4 is 0 Å². The third-order valence-corrected chi connectivity index (χ3v) is 3.08. The Bertz CT molecular complexity index is 456. The van der Waals surface area contributed by atoms with Crippen LogP contribution in [0.2, 0.25) is 0 Å². The fourth-order valence-electron chi connectivity index (χ4n) is 2.14. The molecule has 98 valence electrons. The summed E-state index contributed by atoms with van der Waals surface area (Å²) in [5.41, 5.74) is 0. The minimum Gasteiger partial charge on any atom is -0.395 e. The van der Waals surface area contributed by atoms with Gasteiger partial charge in [0, 0.05) is 6.54 Å². The molecule has 7 heteroatoms. The number of nitrogens with zero attached hydrogens (tertiary/aromatic N) is 2. The smallest absolute Gasteiger partial charge is 0.395 e. The van der Waals surface area contributed by atoms with Gasteiger partial charge in [-0.2, -0.15) is 0 Å². The maximum atomic E-state index is 12.1. The van der Waals surface area contributed by atoms with Crippen molar-refractivity contribution in [1.82, 2.24) is 4.90 Å². The summed E-state index contributed by atoms with van der Waals surface area (Å²) in [7, 11) is 0. The number of furan rings is 1. The average Bonchev–Trinajstić information content (AvgIpc) is 2.87. The van der Waals surface area contributed by atoms with E-state index in [0.29, 0.717) is 6.54 Å². The molecule has 7 nitrogen and oxygen atoms in total. The quantitative estimate of drug-likeness (QED) is 0.645. The first-order valence-electron chi connectivity index (χ1n) is 5.79. The van der Waals surface area contributed by atoms with E-state index in [2.05, 4.69) is 0 Å². The number of aliphatic hydroxyl groups excluding tert-OH is 1. The predicted octanol–water partition coefficient (Wildman–Crippen LogP) is 1.17.